The van der Waals surface area contributed by atoms with Gasteiger partial charge in [-0.15, -0.1) is 0 Å². The molecular formula is C14H13N3O3. The number of hydrogen-bond acceptors (Lipinski definition) is 5. The Balaban J connectivity index is 1.89. The Morgan fingerprint density at radius 3 is 2.85 bits per heavy atom. The van der Waals surface area contributed by atoms with Crippen molar-refractivity contribution in [3.63, 3.8) is 0 Å². The van der Waals surface area contributed by atoms with Crippen LogP contribution in [-0.2, 0) is 0 Å². The van der Waals surface area contributed by atoms with Crippen LogP contribution in [0.25, 0.3) is 0 Å². The highest BCUT2D eigenvalue weighted by Crippen LogP contribution is 2.36. The van der Waals surface area contributed by atoms with Gasteiger partial charge in [0.1, 0.15) is 11.6 Å². The van der Waals surface area contributed by atoms with E-state index >= 15 is 0 Å². The topological polar surface area (TPSA) is 90.5 Å². The maximum Gasteiger partial charge on any atom is 0.231 e. The lowest BCUT2D eigenvalue weighted by Crippen LogP contribution is -2.11. The lowest BCUT2D eigenvalue weighted by molar-refractivity contribution is 0.174. The monoisotopic (exact) mass is 271 g/mol. The van der Waals surface area contributed by atoms with Gasteiger partial charge in [-0.25, -0.2) is 4.98 Å². The molecule has 0 unspecified atom stereocenters. The number of fused-ring (bicyclic) bond motifs is 1. The molecule has 0 saturated carbocycles. The van der Waals surface area contributed by atoms with Crippen LogP contribution in [0.3, 0.4) is 0 Å². The first-order chi connectivity index (χ1) is 9.61. The molecule has 0 radical (unpaired) electrons. The van der Waals surface area contributed by atoms with Gasteiger partial charge in [0.15, 0.2) is 11.5 Å². The van der Waals surface area contributed by atoms with E-state index in [1.165, 1.54) is 0 Å². The summed E-state index contributed by atoms with van der Waals surface area (Å²) in [5.74, 6) is 2.28. The molecule has 3 N–H and O–H groups in total. The molecule has 1 aliphatic heterocycles. The smallest absolute Gasteiger partial charge is 0.231 e. The Bertz CT molecular complexity index is 685. The highest BCUT2D eigenvalue weighted by molar-refractivity contribution is 5.95. The fourth-order valence-corrected chi connectivity index (χ4v) is 1.91. The minimum atomic E-state index is -0.0222. The highest BCUT2D eigenvalue weighted by Gasteiger charge is 2.14. The Labute approximate surface area is 115 Å². The molecule has 1 aromatic carbocycles. The van der Waals surface area contributed by atoms with Gasteiger partial charge in [-0.2, -0.15) is 0 Å². The largest absolute Gasteiger partial charge is 0.454 e. The quantitative estimate of drug-likeness (QED) is 0.659. The minimum Gasteiger partial charge on any atom is -0.454 e. The van der Waals surface area contributed by atoms with E-state index in [2.05, 4.69) is 4.98 Å². The van der Waals surface area contributed by atoms with E-state index in [0.29, 0.717) is 28.7 Å². The molecule has 3 rings (SSSR count). The molecule has 0 spiro atoms. The Morgan fingerprint density at radius 2 is 2.05 bits per heavy atom. The number of ether oxygens (including phenoxy) is 3. The van der Waals surface area contributed by atoms with Crippen LogP contribution in [0.2, 0.25) is 0 Å². The predicted molar refractivity (Wildman–Crippen MR) is 72.6 cm³/mol. The lowest BCUT2D eigenvalue weighted by Gasteiger charge is -2.08. The zero-order valence-corrected chi connectivity index (χ0v) is 10.8. The van der Waals surface area contributed by atoms with Crippen molar-refractivity contribution >= 4 is 5.84 Å². The van der Waals surface area contributed by atoms with Crippen molar-refractivity contribution in [3.8, 4) is 23.1 Å². The van der Waals surface area contributed by atoms with Crippen LogP contribution in [0, 0.1) is 12.3 Å². The van der Waals surface area contributed by atoms with E-state index in [0.717, 1.165) is 5.69 Å². The number of rotatable bonds is 3. The van der Waals surface area contributed by atoms with Crippen LogP contribution in [0.5, 0.6) is 23.1 Å². The van der Waals surface area contributed by atoms with E-state index in [4.69, 9.17) is 25.4 Å². The fourth-order valence-electron chi connectivity index (χ4n) is 1.91. The molecule has 0 fully saturated rings. The SMILES string of the molecule is Cc1cc(C(=N)N)cc(Oc2ccc3c(c2)OCO3)n1. The number of pyridine rings is 1. The summed E-state index contributed by atoms with van der Waals surface area (Å²) in [6, 6.07) is 8.64. The van der Waals surface area contributed by atoms with Gasteiger partial charge in [0.2, 0.25) is 12.7 Å². The van der Waals surface area contributed by atoms with Crippen molar-refractivity contribution in [3.05, 3.63) is 41.6 Å². The number of aryl methyl sites for hydroxylation is 1. The van der Waals surface area contributed by atoms with Gasteiger partial charge < -0.3 is 19.9 Å². The van der Waals surface area contributed by atoms with Gasteiger partial charge in [0.25, 0.3) is 0 Å². The zero-order chi connectivity index (χ0) is 14.1. The number of nitrogen functional groups attached to an aromatic ring is 1. The second-order valence-corrected chi connectivity index (χ2v) is 4.37. The third kappa shape index (κ3) is 2.35. The molecule has 2 aromatic rings. The average molecular weight is 271 g/mol. The maximum atomic E-state index is 7.47. The first-order valence-electron chi connectivity index (χ1n) is 6.02. The van der Waals surface area contributed by atoms with Gasteiger partial charge >= 0.3 is 0 Å². The molecule has 2 heterocycles. The molecule has 0 atom stereocenters. The van der Waals surface area contributed by atoms with Crippen molar-refractivity contribution in [1.29, 1.82) is 5.41 Å². The molecule has 102 valence electrons. The van der Waals surface area contributed by atoms with Crippen LogP contribution in [0.1, 0.15) is 11.3 Å². The first kappa shape index (κ1) is 12.3. The van der Waals surface area contributed by atoms with Crippen LogP contribution < -0.4 is 19.9 Å². The van der Waals surface area contributed by atoms with Crippen molar-refractivity contribution in [1.82, 2.24) is 4.98 Å². The number of hydrogen-bond donors (Lipinski definition) is 2. The Hall–Kier alpha value is -2.76. The van der Waals surface area contributed by atoms with Crippen LogP contribution in [-0.4, -0.2) is 17.6 Å². The summed E-state index contributed by atoms with van der Waals surface area (Å²) in [6.45, 7) is 2.04. The molecule has 1 aromatic heterocycles. The normalized spacial score (nSPS) is 12.2. The molecule has 0 amide bonds. The highest BCUT2D eigenvalue weighted by atomic mass is 16.7. The molecule has 6 heteroatoms. The number of nitrogens with one attached hydrogen (secondary N) is 1. The van der Waals surface area contributed by atoms with E-state index in [1.54, 1.807) is 30.3 Å². The molecule has 0 aliphatic carbocycles. The van der Waals surface area contributed by atoms with Crippen LogP contribution in [0.15, 0.2) is 30.3 Å². The second kappa shape index (κ2) is 4.73. The Morgan fingerprint density at radius 1 is 1.25 bits per heavy atom. The number of nitrogens with two attached hydrogens (primary N) is 1. The summed E-state index contributed by atoms with van der Waals surface area (Å²) < 4.78 is 16.2. The van der Waals surface area contributed by atoms with E-state index in [-0.39, 0.29) is 12.6 Å². The number of aromatic nitrogens is 1. The summed E-state index contributed by atoms with van der Waals surface area (Å²) in [6.07, 6.45) is 0. The summed E-state index contributed by atoms with van der Waals surface area (Å²) in [5.41, 5.74) is 6.79. The predicted octanol–water partition coefficient (Wildman–Crippen LogP) is 2.20. The standard InChI is InChI=1S/C14H13N3O3/c1-8-4-9(14(15)16)5-13(17-8)20-10-2-3-11-12(6-10)19-7-18-11/h2-6H,7H2,1H3,(H3,15,16). The maximum absolute atomic E-state index is 7.47. The number of benzene rings is 1. The molecule has 0 saturated heterocycles. The summed E-state index contributed by atoms with van der Waals surface area (Å²) in [7, 11) is 0. The van der Waals surface area contributed by atoms with Crippen molar-refractivity contribution in [2.24, 2.45) is 5.73 Å². The number of nitrogens with zero attached hydrogens (tertiary/aromatic N) is 1. The van der Waals surface area contributed by atoms with Gasteiger partial charge in [0, 0.05) is 23.4 Å². The second-order valence-electron chi connectivity index (χ2n) is 4.37. The molecule has 20 heavy (non-hydrogen) atoms. The summed E-state index contributed by atoms with van der Waals surface area (Å²) in [5, 5.41) is 7.47. The van der Waals surface area contributed by atoms with Gasteiger partial charge in [-0.3, -0.25) is 5.41 Å². The molecule has 6 nitrogen and oxygen atoms in total. The average Bonchev–Trinajstić information content (AvgIpc) is 2.85. The zero-order valence-electron chi connectivity index (χ0n) is 10.8. The Kier molecular flexibility index (Phi) is 2.90. The van der Waals surface area contributed by atoms with Crippen molar-refractivity contribution in [2.45, 2.75) is 6.92 Å². The van der Waals surface area contributed by atoms with E-state index < -0.39 is 0 Å². The van der Waals surface area contributed by atoms with E-state index in [9.17, 15) is 0 Å². The third-order valence-corrected chi connectivity index (χ3v) is 2.81. The van der Waals surface area contributed by atoms with E-state index in [1.807, 2.05) is 6.92 Å². The third-order valence-electron chi connectivity index (χ3n) is 2.81. The van der Waals surface area contributed by atoms with Gasteiger partial charge in [0.05, 0.1) is 0 Å². The van der Waals surface area contributed by atoms with Crippen molar-refractivity contribution in [2.75, 3.05) is 6.79 Å². The minimum absolute atomic E-state index is 0.0222. The fraction of sp³-hybridized carbons (Fsp3) is 0.143. The first-order valence-corrected chi connectivity index (χ1v) is 6.02. The molecule has 0 bridgehead atoms. The van der Waals surface area contributed by atoms with Crippen LogP contribution in [0.4, 0.5) is 0 Å². The van der Waals surface area contributed by atoms with Gasteiger partial charge in [-0.05, 0) is 25.1 Å². The van der Waals surface area contributed by atoms with Crippen molar-refractivity contribution < 1.29 is 14.2 Å². The molecular weight excluding hydrogens is 258 g/mol. The van der Waals surface area contributed by atoms with Crippen LogP contribution >= 0.6 is 0 Å². The van der Waals surface area contributed by atoms with Gasteiger partial charge in [-0.1, -0.05) is 0 Å². The lowest BCUT2D eigenvalue weighted by atomic mass is 10.2. The summed E-state index contributed by atoms with van der Waals surface area (Å²) in [4.78, 5) is 4.26. The number of amidine groups is 1. The molecule has 1 aliphatic rings. The summed E-state index contributed by atoms with van der Waals surface area (Å²) >= 11 is 0.